The molecule has 1 aromatic rings. The summed E-state index contributed by atoms with van der Waals surface area (Å²) in [4.78, 5) is 3.30. The van der Waals surface area contributed by atoms with Crippen LogP contribution in [0, 0.1) is 22.7 Å². The summed E-state index contributed by atoms with van der Waals surface area (Å²) in [5, 5.41) is 17.0. The monoisotopic (exact) mass is 277 g/mol. The van der Waals surface area contributed by atoms with Crippen molar-refractivity contribution in [1.29, 1.82) is 10.5 Å². The molecule has 0 aliphatic rings. The summed E-state index contributed by atoms with van der Waals surface area (Å²) < 4.78 is 64.9. The number of halogens is 5. The Morgan fingerprint density at radius 2 is 1.95 bits per heavy atom. The Morgan fingerprint density at radius 1 is 1.32 bits per heavy atom. The SMILES string of the molecule is N#CCc1nc(C#N)c(C(F)F)cc1OC(F)(F)F. The number of nitrogens with zero attached hydrogens (tertiary/aromatic N) is 3. The number of rotatable bonds is 3. The fourth-order valence-electron chi connectivity index (χ4n) is 1.22. The van der Waals surface area contributed by atoms with Crippen molar-refractivity contribution in [2.45, 2.75) is 19.2 Å². The van der Waals surface area contributed by atoms with Gasteiger partial charge in [-0.15, -0.1) is 13.2 Å². The van der Waals surface area contributed by atoms with Crippen LogP contribution in [0.2, 0.25) is 0 Å². The van der Waals surface area contributed by atoms with Crippen molar-refractivity contribution >= 4 is 0 Å². The Balaban J connectivity index is 3.38. The second kappa shape index (κ2) is 5.48. The van der Waals surface area contributed by atoms with Crippen molar-refractivity contribution in [3.8, 4) is 17.9 Å². The highest BCUT2D eigenvalue weighted by atomic mass is 19.4. The molecule has 0 bridgehead atoms. The molecule has 0 amide bonds. The lowest BCUT2D eigenvalue weighted by Gasteiger charge is -2.13. The van der Waals surface area contributed by atoms with Crippen LogP contribution in [0.25, 0.3) is 0 Å². The normalized spacial score (nSPS) is 10.9. The molecule has 0 saturated carbocycles. The van der Waals surface area contributed by atoms with Crippen LogP contribution < -0.4 is 4.74 Å². The van der Waals surface area contributed by atoms with Crippen molar-refractivity contribution in [3.05, 3.63) is 23.0 Å². The van der Waals surface area contributed by atoms with E-state index in [2.05, 4.69) is 9.72 Å². The van der Waals surface area contributed by atoms with Gasteiger partial charge in [0, 0.05) is 0 Å². The van der Waals surface area contributed by atoms with Gasteiger partial charge in [-0.05, 0) is 6.07 Å². The molecule has 0 spiro atoms. The third-order valence-electron chi connectivity index (χ3n) is 1.90. The first kappa shape index (κ1) is 14.6. The maximum atomic E-state index is 12.6. The van der Waals surface area contributed by atoms with Crippen LogP contribution in [-0.4, -0.2) is 11.3 Å². The van der Waals surface area contributed by atoms with Gasteiger partial charge in [-0.25, -0.2) is 13.8 Å². The van der Waals surface area contributed by atoms with Crippen LogP contribution >= 0.6 is 0 Å². The molecule has 0 saturated heterocycles. The molecule has 0 N–H and O–H groups in total. The van der Waals surface area contributed by atoms with Crippen molar-refractivity contribution in [3.63, 3.8) is 0 Å². The molecule has 4 nitrogen and oxygen atoms in total. The van der Waals surface area contributed by atoms with E-state index in [9.17, 15) is 22.0 Å². The van der Waals surface area contributed by atoms with Crippen molar-refractivity contribution in [1.82, 2.24) is 4.98 Å². The first-order valence-corrected chi connectivity index (χ1v) is 4.63. The molecule has 0 radical (unpaired) electrons. The topological polar surface area (TPSA) is 69.7 Å². The number of hydrogen-bond acceptors (Lipinski definition) is 4. The van der Waals surface area contributed by atoms with Gasteiger partial charge in [-0.1, -0.05) is 0 Å². The van der Waals surface area contributed by atoms with E-state index >= 15 is 0 Å². The predicted molar refractivity (Wildman–Crippen MR) is 49.9 cm³/mol. The van der Waals surface area contributed by atoms with Gasteiger partial charge in [0.1, 0.15) is 11.8 Å². The van der Waals surface area contributed by atoms with E-state index in [1.54, 1.807) is 0 Å². The zero-order valence-corrected chi connectivity index (χ0v) is 9.00. The van der Waals surface area contributed by atoms with Gasteiger partial charge in [0.15, 0.2) is 5.75 Å². The summed E-state index contributed by atoms with van der Waals surface area (Å²) in [7, 11) is 0. The first-order valence-electron chi connectivity index (χ1n) is 4.63. The van der Waals surface area contributed by atoms with Gasteiger partial charge >= 0.3 is 6.36 Å². The maximum Gasteiger partial charge on any atom is 0.573 e. The number of alkyl halides is 5. The molecular weight excluding hydrogens is 273 g/mol. The number of aromatic nitrogens is 1. The highest BCUT2D eigenvalue weighted by molar-refractivity contribution is 5.42. The van der Waals surface area contributed by atoms with Crippen molar-refractivity contribution in [2.75, 3.05) is 0 Å². The fraction of sp³-hybridized carbons (Fsp3) is 0.300. The molecule has 19 heavy (non-hydrogen) atoms. The lowest BCUT2D eigenvalue weighted by molar-refractivity contribution is -0.275. The molecule has 1 rings (SSSR count). The standard InChI is InChI=1S/C10H4F5N3O/c11-9(12)5-3-8(19-10(13,14)15)6(1-2-16)18-7(5)4-17/h3,9H,1H2. The summed E-state index contributed by atoms with van der Waals surface area (Å²) in [5.74, 6) is -1.01. The Morgan fingerprint density at radius 3 is 2.37 bits per heavy atom. The summed E-state index contributed by atoms with van der Waals surface area (Å²) in [6.45, 7) is 0. The van der Waals surface area contributed by atoms with Gasteiger partial charge in [-0.2, -0.15) is 10.5 Å². The fourth-order valence-corrected chi connectivity index (χ4v) is 1.22. The van der Waals surface area contributed by atoms with Gasteiger partial charge in [0.05, 0.1) is 23.7 Å². The Bertz CT molecular complexity index is 556. The first-order chi connectivity index (χ1) is 8.78. The zero-order chi connectivity index (χ0) is 14.6. The largest absolute Gasteiger partial charge is 0.573 e. The van der Waals surface area contributed by atoms with E-state index < -0.39 is 41.9 Å². The minimum Gasteiger partial charge on any atom is -0.404 e. The van der Waals surface area contributed by atoms with E-state index in [0.717, 1.165) is 0 Å². The van der Waals surface area contributed by atoms with E-state index in [4.69, 9.17) is 10.5 Å². The van der Waals surface area contributed by atoms with Crippen LogP contribution in [0.15, 0.2) is 6.07 Å². The molecule has 9 heteroatoms. The second-order valence-electron chi connectivity index (χ2n) is 3.17. The van der Waals surface area contributed by atoms with E-state index in [1.165, 1.54) is 12.1 Å². The van der Waals surface area contributed by atoms with Crippen LogP contribution in [0.5, 0.6) is 5.75 Å². The van der Waals surface area contributed by atoms with Crippen LogP contribution in [-0.2, 0) is 6.42 Å². The quantitative estimate of drug-likeness (QED) is 0.796. The lowest BCUT2D eigenvalue weighted by Crippen LogP contribution is -2.19. The number of ether oxygens (including phenoxy) is 1. The molecule has 0 aromatic carbocycles. The number of pyridine rings is 1. The van der Waals surface area contributed by atoms with Gasteiger partial charge in [-0.3, -0.25) is 0 Å². The lowest BCUT2D eigenvalue weighted by atomic mass is 10.1. The molecule has 0 unspecified atom stereocenters. The van der Waals surface area contributed by atoms with Crippen molar-refractivity contribution < 1.29 is 26.7 Å². The highest BCUT2D eigenvalue weighted by Gasteiger charge is 2.33. The summed E-state index contributed by atoms with van der Waals surface area (Å²) in [6, 6.07) is 3.20. The molecule has 0 fully saturated rings. The average Bonchev–Trinajstić information content (AvgIpc) is 2.28. The van der Waals surface area contributed by atoms with E-state index in [0.29, 0.717) is 6.07 Å². The summed E-state index contributed by atoms with van der Waals surface area (Å²) >= 11 is 0. The third-order valence-corrected chi connectivity index (χ3v) is 1.90. The van der Waals surface area contributed by atoms with Gasteiger partial charge < -0.3 is 4.74 Å². The predicted octanol–water partition coefficient (Wildman–Crippen LogP) is 2.86. The molecular formula is C10H4F5N3O. The van der Waals surface area contributed by atoms with Crippen LogP contribution in [0.4, 0.5) is 22.0 Å². The molecule has 0 aliphatic carbocycles. The minimum atomic E-state index is -5.11. The Labute approximate surface area is 103 Å². The molecule has 100 valence electrons. The van der Waals surface area contributed by atoms with Gasteiger partial charge in [0.25, 0.3) is 6.43 Å². The van der Waals surface area contributed by atoms with Crippen LogP contribution in [0.3, 0.4) is 0 Å². The van der Waals surface area contributed by atoms with Gasteiger partial charge in [0.2, 0.25) is 0 Å². The maximum absolute atomic E-state index is 12.6. The number of nitriles is 2. The summed E-state index contributed by atoms with van der Waals surface area (Å²) in [5.41, 5.74) is -2.25. The minimum absolute atomic E-state index is 0.371. The third kappa shape index (κ3) is 3.78. The Hall–Kier alpha value is -2.42. The Kier molecular flexibility index (Phi) is 4.22. The zero-order valence-electron chi connectivity index (χ0n) is 9.00. The molecule has 0 atom stereocenters. The van der Waals surface area contributed by atoms with E-state index in [1.807, 2.05) is 0 Å². The molecule has 1 heterocycles. The molecule has 1 aromatic heterocycles. The van der Waals surface area contributed by atoms with E-state index in [-0.39, 0.29) is 0 Å². The highest BCUT2D eigenvalue weighted by Crippen LogP contribution is 2.31. The summed E-state index contributed by atoms with van der Waals surface area (Å²) in [6.07, 6.45) is -8.91. The van der Waals surface area contributed by atoms with Crippen LogP contribution in [0.1, 0.15) is 23.4 Å². The molecule has 0 aliphatic heterocycles. The smallest absolute Gasteiger partial charge is 0.404 e. The second-order valence-corrected chi connectivity index (χ2v) is 3.17. The number of hydrogen-bond donors (Lipinski definition) is 0. The van der Waals surface area contributed by atoms with Crippen molar-refractivity contribution in [2.24, 2.45) is 0 Å². The average molecular weight is 277 g/mol.